The first kappa shape index (κ1) is 18.5. The molecule has 1 aliphatic heterocycles. The van der Waals surface area contributed by atoms with E-state index in [2.05, 4.69) is 21.0 Å². The van der Waals surface area contributed by atoms with Crippen LogP contribution in [0.4, 0.5) is 22.1 Å². The average Bonchev–Trinajstić information content (AvgIpc) is 3.33. The Balaban J connectivity index is 1.63. The molecule has 0 fully saturated rings. The summed E-state index contributed by atoms with van der Waals surface area (Å²) in [6, 6.07) is 9.91. The van der Waals surface area contributed by atoms with Crippen LogP contribution in [0.25, 0.3) is 0 Å². The van der Waals surface area contributed by atoms with Crippen molar-refractivity contribution in [2.24, 2.45) is 5.92 Å². The monoisotopic (exact) mass is 393 g/mol. The van der Waals surface area contributed by atoms with Crippen LogP contribution in [0.2, 0.25) is 0 Å². The highest BCUT2D eigenvalue weighted by atomic mass is 16.3. The molecule has 1 aliphatic rings. The Hall–Kier alpha value is -3.88. The molecule has 29 heavy (non-hydrogen) atoms. The maximum Gasteiger partial charge on any atom is 0.324 e. The summed E-state index contributed by atoms with van der Waals surface area (Å²) in [7, 11) is 0. The number of urea groups is 1. The van der Waals surface area contributed by atoms with Crippen molar-refractivity contribution < 1.29 is 18.8 Å². The minimum atomic E-state index is -0.548. The molecular weight excluding hydrogens is 374 g/mol. The van der Waals surface area contributed by atoms with E-state index in [1.807, 2.05) is 19.1 Å². The third-order valence-corrected chi connectivity index (χ3v) is 4.65. The van der Waals surface area contributed by atoms with E-state index in [4.69, 9.17) is 4.42 Å². The Bertz CT molecular complexity index is 1080. The first-order valence-electron chi connectivity index (χ1n) is 9.08. The molecule has 3 aromatic rings. The number of anilines is 3. The normalized spacial score (nSPS) is 15.4. The highest BCUT2D eigenvalue weighted by Crippen LogP contribution is 2.32. The number of rotatable bonds is 3. The highest BCUT2D eigenvalue weighted by molar-refractivity contribution is 6.04. The second kappa shape index (κ2) is 7.27. The number of aryl methyl sites for hydroxylation is 1. The van der Waals surface area contributed by atoms with Crippen LogP contribution in [0.15, 0.2) is 47.1 Å². The topological polar surface area (TPSA) is 118 Å². The third kappa shape index (κ3) is 3.62. The van der Waals surface area contributed by atoms with Crippen LogP contribution in [0.5, 0.6) is 0 Å². The van der Waals surface area contributed by atoms with Gasteiger partial charge in [0.25, 0.3) is 0 Å². The van der Waals surface area contributed by atoms with E-state index >= 15 is 0 Å². The molecule has 2 aromatic heterocycles. The minimum Gasteiger partial charge on any atom is -0.459 e. The maximum absolute atomic E-state index is 12.7. The van der Waals surface area contributed by atoms with Gasteiger partial charge in [-0.05, 0) is 37.6 Å². The van der Waals surface area contributed by atoms with Crippen LogP contribution < -0.4 is 16.0 Å². The number of furan rings is 1. The molecule has 1 atom stereocenters. The van der Waals surface area contributed by atoms with E-state index in [1.54, 1.807) is 25.1 Å². The van der Waals surface area contributed by atoms with Gasteiger partial charge < -0.3 is 15.1 Å². The van der Waals surface area contributed by atoms with Crippen LogP contribution in [-0.2, 0) is 11.2 Å². The predicted octanol–water partition coefficient (Wildman–Crippen LogP) is 3.25. The van der Waals surface area contributed by atoms with Crippen LogP contribution in [0.1, 0.15) is 28.6 Å². The quantitative estimate of drug-likeness (QED) is 0.631. The molecular formula is C20H19N5O4. The number of aromatic nitrogens is 2. The molecule has 9 nitrogen and oxygen atoms in total. The van der Waals surface area contributed by atoms with Crippen molar-refractivity contribution >= 4 is 35.2 Å². The summed E-state index contributed by atoms with van der Waals surface area (Å²) in [6.45, 7) is 3.72. The number of amides is 3. The van der Waals surface area contributed by atoms with E-state index in [9.17, 15) is 14.4 Å². The summed E-state index contributed by atoms with van der Waals surface area (Å²) in [6.07, 6.45) is 1.71. The molecule has 148 valence electrons. The number of benzene rings is 1. The molecule has 3 amide bonds. The number of nitrogens with one attached hydrogen (secondary N) is 3. The maximum atomic E-state index is 12.7. The fourth-order valence-electron chi connectivity index (χ4n) is 3.07. The van der Waals surface area contributed by atoms with Gasteiger partial charge in [-0.2, -0.15) is 4.68 Å². The summed E-state index contributed by atoms with van der Waals surface area (Å²) >= 11 is 0. The van der Waals surface area contributed by atoms with Crippen LogP contribution in [0.3, 0.4) is 0 Å². The lowest BCUT2D eigenvalue weighted by molar-refractivity contribution is -0.119. The van der Waals surface area contributed by atoms with Crippen LogP contribution >= 0.6 is 0 Å². The predicted molar refractivity (Wildman–Crippen MR) is 106 cm³/mol. The third-order valence-electron chi connectivity index (χ3n) is 4.65. The summed E-state index contributed by atoms with van der Waals surface area (Å²) in [5.74, 6) is -0.579. The average molecular weight is 393 g/mol. The Kier molecular flexibility index (Phi) is 4.63. The van der Waals surface area contributed by atoms with Crippen molar-refractivity contribution in [3.63, 3.8) is 0 Å². The molecule has 0 saturated heterocycles. The summed E-state index contributed by atoms with van der Waals surface area (Å²) in [4.78, 5) is 37.3. The standard InChI is InChI=1S/C20H19N5O4/c1-11-5-7-13(8-6-11)21-20(28)22-16-14-10-12(2)18(26)23-17(14)25(24-16)19(27)15-4-3-9-29-15/h3-9,12H,10H2,1-2H3,(H,23,26)(H2,21,22,24,28). The van der Waals surface area contributed by atoms with Crippen molar-refractivity contribution in [1.29, 1.82) is 0 Å². The Morgan fingerprint density at radius 2 is 1.97 bits per heavy atom. The van der Waals surface area contributed by atoms with Crippen LogP contribution in [0, 0.1) is 12.8 Å². The summed E-state index contributed by atoms with van der Waals surface area (Å²) < 4.78 is 6.19. The van der Waals surface area contributed by atoms with Crippen molar-refractivity contribution in [3.8, 4) is 0 Å². The molecule has 0 spiro atoms. The van der Waals surface area contributed by atoms with Crippen molar-refractivity contribution in [3.05, 3.63) is 59.5 Å². The van der Waals surface area contributed by atoms with Gasteiger partial charge in [-0.3, -0.25) is 14.9 Å². The number of carbonyl (C=O) groups excluding carboxylic acids is 3. The van der Waals surface area contributed by atoms with E-state index in [0.717, 1.165) is 10.2 Å². The lowest BCUT2D eigenvalue weighted by Gasteiger charge is -2.19. The number of hydrogen-bond acceptors (Lipinski definition) is 5. The van der Waals surface area contributed by atoms with Crippen molar-refractivity contribution in [2.75, 3.05) is 16.0 Å². The first-order valence-corrected chi connectivity index (χ1v) is 9.08. The molecule has 0 saturated carbocycles. The molecule has 0 radical (unpaired) electrons. The fraction of sp³-hybridized carbons (Fsp3) is 0.200. The summed E-state index contributed by atoms with van der Waals surface area (Å²) in [5, 5.41) is 12.3. The largest absolute Gasteiger partial charge is 0.459 e. The number of fused-ring (bicyclic) bond motifs is 1. The van der Waals surface area contributed by atoms with Gasteiger partial charge in [-0.15, -0.1) is 5.10 Å². The fourth-order valence-corrected chi connectivity index (χ4v) is 3.07. The van der Waals surface area contributed by atoms with E-state index in [-0.39, 0.29) is 29.2 Å². The van der Waals surface area contributed by atoms with Gasteiger partial charge in [0.15, 0.2) is 11.6 Å². The number of carbonyl (C=O) groups is 3. The Morgan fingerprint density at radius 3 is 2.66 bits per heavy atom. The molecule has 3 heterocycles. The Morgan fingerprint density at radius 1 is 1.21 bits per heavy atom. The lowest BCUT2D eigenvalue weighted by Crippen LogP contribution is -2.30. The molecule has 0 bridgehead atoms. The SMILES string of the molecule is Cc1ccc(NC(=O)Nc2nn(C(=O)c3ccco3)c3c2CC(C)C(=O)N3)cc1. The van der Waals surface area contributed by atoms with Crippen molar-refractivity contribution in [2.45, 2.75) is 20.3 Å². The van der Waals surface area contributed by atoms with Crippen molar-refractivity contribution in [1.82, 2.24) is 9.78 Å². The molecule has 1 aromatic carbocycles. The minimum absolute atomic E-state index is 0.0684. The zero-order chi connectivity index (χ0) is 20.5. The molecule has 0 aliphatic carbocycles. The number of nitrogens with zero attached hydrogens (tertiary/aromatic N) is 2. The van der Waals surface area contributed by atoms with Gasteiger partial charge in [0.1, 0.15) is 5.82 Å². The molecule has 4 rings (SSSR count). The van der Waals surface area contributed by atoms with Crippen LogP contribution in [-0.4, -0.2) is 27.6 Å². The first-order chi connectivity index (χ1) is 13.9. The summed E-state index contributed by atoms with van der Waals surface area (Å²) in [5.41, 5.74) is 2.27. The molecule has 3 N–H and O–H groups in total. The zero-order valence-corrected chi connectivity index (χ0v) is 15.9. The van der Waals surface area contributed by atoms with Gasteiger partial charge in [0.2, 0.25) is 5.91 Å². The van der Waals surface area contributed by atoms with Gasteiger partial charge in [-0.1, -0.05) is 24.6 Å². The number of hydrogen-bond donors (Lipinski definition) is 3. The Labute approximate surface area is 166 Å². The zero-order valence-electron chi connectivity index (χ0n) is 15.9. The van der Waals surface area contributed by atoms with E-state index in [0.29, 0.717) is 17.7 Å². The van der Waals surface area contributed by atoms with E-state index < -0.39 is 11.9 Å². The van der Waals surface area contributed by atoms with E-state index in [1.165, 1.54) is 12.3 Å². The highest BCUT2D eigenvalue weighted by Gasteiger charge is 2.32. The van der Waals surface area contributed by atoms with Gasteiger partial charge in [0, 0.05) is 17.2 Å². The smallest absolute Gasteiger partial charge is 0.324 e. The molecule has 9 heteroatoms. The second-order valence-corrected chi connectivity index (χ2v) is 6.91. The van der Waals surface area contributed by atoms with Gasteiger partial charge in [0.05, 0.1) is 6.26 Å². The second-order valence-electron chi connectivity index (χ2n) is 6.91. The molecule has 1 unspecified atom stereocenters. The van der Waals surface area contributed by atoms with Gasteiger partial charge >= 0.3 is 11.9 Å². The lowest BCUT2D eigenvalue weighted by atomic mass is 9.98. The van der Waals surface area contributed by atoms with Gasteiger partial charge in [-0.25, -0.2) is 4.79 Å².